The Morgan fingerprint density at radius 2 is 1.83 bits per heavy atom. The number of β-amino-alcohol motifs (C(OH)–C–C–N with tert-alkyl or cyclic N) is 1. The molecule has 36 heavy (non-hydrogen) atoms. The number of aliphatic hydroxyl groups is 1. The van der Waals surface area contributed by atoms with Gasteiger partial charge in [0.2, 0.25) is 0 Å². The van der Waals surface area contributed by atoms with Crippen molar-refractivity contribution in [2.24, 2.45) is 0 Å². The summed E-state index contributed by atoms with van der Waals surface area (Å²) in [5.41, 5.74) is 5.55. The molecule has 0 amide bonds. The SMILES string of the molecule is C=CCC[C@@H](O)CN1CCN(c2nc(-c3ccccc3)nc(COC)c2Cc2cccc(C)c2)CC1. The summed E-state index contributed by atoms with van der Waals surface area (Å²) in [6.07, 6.45) is 3.91. The maximum atomic E-state index is 10.4. The number of rotatable bonds is 11. The Bertz CT molecular complexity index is 1130. The van der Waals surface area contributed by atoms with Crippen LogP contribution < -0.4 is 4.90 Å². The number of piperazine rings is 1. The van der Waals surface area contributed by atoms with Crippen molar-refractivity contribution in [3.8, 4) is 11.4 Å². The van der Waals surface area contributed by atoms with Gasteiger partial charge in [-0.05, 0) is 25.3 Å². The molecule has 1 aliphatic heterocycles. The molecule has 0 spiro atoms. The lowest BCUT2D eigenvalue weighted by atomic mass is 10.0. The van der Waals surface area contributed by atoms with Gasteiger partial charge in [0.15, 0.2) is 5.82 Å². The summed E-state index contributed by atoms with van der Waals surface area (Å²) in [5, 5.41) is 10.4. The zero-order chi connectivity index (χ0) is 25.3. The first kappa shape index (κ1) is 26.0. The van der Waals surface area contributed by atoms with E-state index < -0.39 is 0 Å². The second-order valence-corrected chi connectivity index (χ2v) is 9.57. The number of aromatic nitrogens is 2. The smallest absolute Gasteiger partial charge is 0.161 e. The number of methoxy groups -OCH3 is 1. The van der Waals surface area contributed by atoms with Crippen molar-refractivity contribution in [2.75, 3.05) is 44.7 Å². The van der Waals surface area contributed by atoms with Gasteiger partial charge in [-0.25, -0.2) is 9.97 Å². The third-order valence-electron chi connectivity index (χ3n) is 6.69. The fourth-order valence-corrected chi connectivity index (χ4v) is 4.80. The molecule has 3 aromatic rings. The molecule has 4 rings (SSSR count). The Kier molecular flexibility index (Phi) is 9.23. The molecule has 0 aliphatic carbocycles. The van der Waals surface area contributed by atoms with Crippen molar-refractivity contribution in [1.82, 2.24) is 14.9 Å². The molecule has 1 N–H and O–H groups in total. The standard InChI is InChI=1S/C30H38N4O2/c1-4-5-14-26(35)21-33-15-17-34(18-16-33)30-27(20-24-11-9-10-23(2)19-24)28(22-36-3)31-29(32-30)25-12-7-6-8-13-25/h4,6-13,19,26,35H,1,5,14-18,20-22H2,2-3H3/t26-/m1/s1. The lowest BCUT2D eigenvalue weighted by molar-refractivity contribution is 0.103. The van der Waals surface area contributed by atoms with Crippen LogP contribution in [-0.2, 0) is 17.8 Å². The summed E-state index contributed by atoms with van der Waals surface area (Å²) in [6.45, 7) is 10.5. The van der Waals surface area contributed by atoms with Gasteiger partial charge in [0, 0.05) is 57.4 Å². The van der Waals surface area contributed by atoms with Gasteiger partial charge in [-0.1, -0.05) is 66.2 Å². The summed E-state index contributed by atoms with van der Waals surface area (Å²) < 4.78 is 5.60. The van der Waals surface area contributed by atoms with Crippen LogP contribution in [0.3, 0.4) is 0 Å². The zero-order valence-corrected chi connectivity index (χ0v) is 21.6. The Morgan fingerprint density at radius 3 is 2.53 bits per heavy atom. The highest BCUT2D eigenvalue weighted by Gasteiger charge is 2.25. The number of benzene rings is 2. The lowest BCUT2D eigenvalue weighted by Crippen LogP contribution is -2.49. The van der Waals surface area contributed by atoms with Crippen LogP contribution in [0.2, 0.25) is 0 Å². The van der Waals surface area contributed by atoms with Crippen LogP contribution in [0.4, 0.5) is 5.82 Å². The molecular weight excluding hydrogens is 448 g/mol. The number of ether oxygens (including phenoxy) is 1. The van der Waals surface area contributed by atoms with Gasteiger partial charge < -0.3 is 14.7 Å². The molecular formula is C30H38N4O2. The molecule has 190 valence electrons. The molecule has 0 saturated carbocycles. The van der Waals surface area contributed by atoms with Crippen molar-refractivity contribution >= 4 is 5.82 Å². The van der Waals surface area contributed by atoms with Gasteiger partial charge in [0.25, 0.3) is 0 Å². The second-order valence-electron chi connectivity index (χ2n) is 9.57. The highest BCUT2D eigenvalue weighted by Crippen LogP contribution is 2.29. The lowest BCUT2D eigenvalue weighted by Gasteiger charge is -2.37. The Hall–Kier alpha value is -3.06. The van der Waals surface area contributed by atoms with E-state index in [9.17, 15) is 5.11 Å². The van der Waals surface area contributed by atoms with E-state index in [0.29, 0.717) is 13.2 Å². The number of aryl methyl sites for hydroxylation is 1. The molecule has 0 unspecified atom stereocenters. The van der Waals surface area contributed by atoms with Gasteiger partial charge in [-0.15, -0.1) is 6.58 Å². The zero-order valence-electron chi connectivity index (χ0n) is 21.6. The van der Waals surface area contributed by atoms with Crippen molar-refractivity contribution in [2.45, 2.75) is 38.9 Å². The van der Waals surface area contributed by atoms with E-state index in [1.807, 2.05) is 24.3 Å². The van der Waals surface area contributed by atoms with E-state index >= 15 is 0 Å². The maximum Gasteiger partial charge on any atom is 0.161 e. The van der Waals surface area contributed by atoms with E-state index in [0.717, 1.165) is 73.9 Å². The van der Waals surface area contributed by atoms with E-state index in [4.69, 9.17) is 14.7 Å². The predicted octanol–water partition coefficient (Wildman–Crippen LogP) is 4.64. The normalized spacial score (nSPS) is 15.1. The maximum absolute atomic E-state index is 10.4. The number of anilines is 1. The summed E-state index contributed by atoms with van der Waals surface area (Å²) in [6, 6.07) is 18.8. The van der Waals surface area contributed by atoms with Gasteiger partial charge in [0.1, 0.15) is 5.82 Å². The third-order valence-corrected chi connectivity index (χ3v) is 6.69. The minimum absolute atomic E-state index is 0.316. The van der Waals surface area contributed by atoms with Gasteiger partial charge in [0.05, 0.1) is 18.4 Å². The topological polar surface area (TPSA) is 61.7 Å². The van der Waals surface area contributed by atoms with Crippen molar-refractivity contribution in [1.29, 1.82) is 0 Å². The molecule has 1 aliphatic rings. The van der Waals surface area contributed by atoms with Crippen LogP contribution in [0.5, 0.6) is 0 Å². The molecule has 0 radical (unpaired) electrons. The molecule has 6 heteroatoms. The van der Waals surface area contributed by atoms with Crippen LogP contribution in [0.25, 0.3) is 11.4 Å². The van der Waals surface area contributed by atoms with Crippen LogP contribution in [-0.4, -0.2) is 65.9 Å². The number of allylic oxidation sites excluding steroid dienone is 1. The first-order valence-corrected chi connectivity index (χ1v) is 12.8. The predicted molar refractivity (Wildman–Crippen MR) is 146 cm³/mol. The minimum Gasteiger partial charge on any atom is -0.392 e. The van der Waals surface area contributed by atoms with E-state index in [-0.39, 0.29) is 6.10 Å². The molecule has 2 aromatic carbocycles. The van der Waals surface area contributed by atoms with Crippen molar-refractivity contribution in [3.63, 3.8) is 0 Å². The molecule has 1 saturated heterocycles. The third kappa shape index (κ3) is 6.78. The quantitative estimate of drug-likeness (QED) is 0.399. The van der Waals surface area contributed by atoms with Crippen LogP contribution in [0.1, 0.15) is 35.2 Å². The fraction of sp³-hybridized carbons (Fsp3) is 0.400. The van der Waals surface area contributed by atoms with Crippen LogP contribution in [0.15, 0.2) is 67.3 Å². The second kappa shape index (κ2) is 12.8. The largest absolute Gasteiger partial charge is 0.392 e. The fourth-order valence-electron chi connectivity index (χ4n) is 4.80. The highest BCUT2D eigenvalue weighted by molar-refractivity contribution is 5.61. The van der Waals surface area contributed by atoms with Gasteiger partial charge in [-0.2, -0.15) is 0 Å². The van der Waals surface area contributed by atoms with Crippen LogP contribution >= 0.6 is 0 Å². The molecule has 0 bridgehead atoms. The molecule has 1 aromatic heterocycles. The summed E-state index contributed by atoms with van der Waals surface area (Å²) >= 11 is 0. The van der Waals surface area contributed by atoms with E-state index in [1.54, 1.807) is 7.11 Å². The molecule has 2 heterocycles. The van der Waals surface area contributed by atoms with Crippen molar-refractivity contribution in [3.05, 3.63) is 89.6 Å². The van der Waals surface area contributed by atoms with E-state index in [2.05, 4.69) is 59.7 Å². The molecule has 1 atom stereocenters. The number of hydrogen-bond acceptors (Lipinski definition) is 6. The summed E-state index contributed by atoms with van der Waals surface area (Å²) in [5.74, 6) is 1.72. The summed E-state index contributed by atoms with van der Waals surface area (Å²) in [7, 11) is 1.72. The van der Waals surface area contributed by atoms with E-state index in [1.165, 1.54) is 11.1 Å². The Labute approximate surface area is 215 Å². The average molecular weight is 487 g/mol. The first-order valence-electron chi connectivity index (χ1n) is 12.8. The van der Waals surface area contributed by atoms with Gasteiger partial charge in [-0.3, -0.25) is 4.90 Å². The average Bonchev–Trinajstić information content (AvgIpc) is 2.89. The molecule has 1 fully saturated rings. The first-order chi connectivity index (χ1) is 17.6. The van der Waals surface area contributed by atoms with Crippen LogP contribution in [0, 0.1) is 6.92 Å². The Morgan fingerprint density at radius 1 is 1.06 bits per heavy atom. The Balaban J connectivity index is 1.65. The number of aliphatic hydroxyl groups excluding tert-OH is 1. The highest BCUT2D eigenvalue weighted by atomic mass is 16.5. The minimum atomic E-state index is -0.316. The van der Waals surface area contributed by atoms with Crippen molar-refractivity contribution < 1.29 is 9.84 Å². The number of nitrogens with zero attached hydrogens (tertiary/aromatic N) is 4. The number of hydrogen-bond donors (Lipinski definition) is 1. The van der Waals surface area contributed by atoms with Gasteiger partial charge >= 0.3 is 0 Å². The summed E-state index contributed by atoms with van der Waals surface area (Å²) in [4.78, 5) is 14.8. The monoisotopic (exact) mass is 486 g/mol. The molecule has 6 nitrogen and oxygen atoms in total.